The van der Waals surface area contributed by atoms with Crippen molar-refractivity contribution in [1.82, 2.24) is 0 Å². The van der Waals surface area contributed by atoms with Gasteiger partial charge in [-0.25, -0.2) is 0 Å². The van der Waals surface area contributed by atoms with Gasteiger partial charge < -0.3 is 0 Å². The lowest BCUT2D eigenvalue weighted by atomic mass is 9.76. The molecule has 0 aliphatic carbocycles. The minimum Gasteiger partial charge on any atom is -0.299 e. The second kappa shape index (κ2) is 5.09. The number of Topliss-reactive ketones (excluding diaryl/α,β-unsaturated/α-hetero) is 2. The van der Waals surface area contributed by atoms with Crippen LogP contribution in [0.25, 0.3) is 0 Å². The molecule has 0 aliphatic rings. The number of allylic oxidation sites excluding steroid dienone is 1. The van der Waals surface area contributed by atoms with Crippen molar-refractivity contribution in [3.63, 3.8) is 0 Å². The topological polar surface area (TPSA) is 34.1 Å². The fourth-order valence-electron chi connectivity index (χ4n) is 1.83. The molecule has 2 nitrogen and oxygen atoms in total. The zero-order chi connectivity index (χ0) is 13.1. The van der Waals surface area contributed by atoms with Crippen LogP contribution in [0.4, 0.5) is 0 Å². The first-order chi connectivity index (χ1) is 7.91. The third-order valence-corrected chi connectivity index (χ3v) is 3.26. The molecule has 0 bridgehead atoms. The first-order valence-corrected chi connectivity index (χ1v) is 5.65. The second-order valence-electron chi connectivity index (χ2n) is 4.51. The lowest BCUT2D eigenvalue weighted by Gasteiger charge is -2.26. The van der Waals surface area contributed by atoms with E-state index in [-0.39, 0.29) is 11.6 Å². The molecule has 0 saturated heterocycles. The maximum Gasteiger partial charge on any atom is 0.159 e. The van der Waals surface area contributed by atoms with E-state index in [4.69, 9.17) is 0 Å². The summed E-state index contributed by atoms with van der Waals surface area (Å²) in [4.78, 5) is 22.9. The third-order valence-electron chi connectivity index (χ3n) is 3.26. The van der Waals surface area contributed by atoms with Gasteiger partial charge in [0.25, 0.3) is 0 Å². The fraction of sp³-hybridized carbons (Fsp3) is 0.333. The number of ketones is 2. The third kappa shape index (κ3) is 2.70. The molecule has 1 atom stereocenters. The number of rotatable bonds is 5. The van der Waals surface area contributed by atoms with Crippen LogP contribution >= 0.6 is 0 Å². The molecule has 2 heteroatoms. The Hall–Kier alpha value is -1.70. The molecular formula is C15H18O2. The molecule has 0 N–H and O–H groups in total. The van der Waals surface area contributed by atoms with Gasteiger partial charge in [-0.15, -0.1) is 6.58 Å². The quantitative estimate of drug-likeness (QED) is 0.574. The SMILES string of the molecule is C=CCC(C)(C(C)=O)c1ccc(C(C)=O)cc1. The summed E-state index contributed by atoms with van der Waals surface area (Å²) < 4.78 is 0. The monoisotopic (exact) mass is 230 g/mol. The molecule has 1 aromatic carbocycles. The second-order valence-corrected chi connectivity index (χ2v) is 4.51. The Kier molecular flexibility index (Phi) is 4.00. The van der Waals surface area contributed by atoms with Crippen LogP contribution in [0.5, 0.6) is 0 Å². The molecule has 0 saturated carbocycles. The Labute approximate surface area is 102 Å². The Morgan fingerprint density at radius 2 is 1.76 bits per heavy atom. The summed E-state index contributed by atoms with van der Waals surface area (Å²) in [5.41, 5.74) is 1.05. The number of hydrogen-bond acceptors (Lipinski definition) is 2. The van der Waals surface area contributed by atoms with E-state index in [1.54, 1.807) is 25.1 Å². The summed E-state index contributed by atoms with van der Waals surface area (Å²) in [7, 11) is 0. The Bertz CT molecular complexity index is 442. The minimum absolute atomic E-state index is 0.0322. The summed E-state index contributed by atoms with van der Waals surface area (Å²) in [6.07, 6.45) is 2.35. The number of carbonyl (C=O) groups excluding carboxylic acids is 2. The molecular weight excluding hydrogens is 212 g/mol. The smallest absolute Gasteiger partial charge is 0.159 e. The molecule has 0 spiro atoms. The van der Waals surface area contributed by atoms with Crippen molar-refractivity contribution in [2.24, 2.45) is 0 Å². The van der Waals surface area contributed by atoms with Gasteiger partial charge in [0.15, 0.2) is 5.78 Å². The van der Waals surface area contributed by atoms with Gasteiger partial charge in [0.1, 0.15) is 5.78 Å². The van der Waals surface area contributed by atoms with Crippen molar-refractivity contribution in [2.45, 2.75) is 32.6 Å². The molecule has 0 fully saturated rings. The highest BCUT2D eigenvalue weighted by molar-refractivity contribution is 5.94. The summed E-state index contributed by atoms with van der Waals surface area (Å²) in [6.45, 7) is 8.71. The van der Waals surface area contributed by atoms with Crippen molar-refractivity contribution in [3.8, 4) is 0 Å². The van der Waals surface area contributed by atoms with E-state index in [0.717, 1.165) is 5.56 Å². The lowest BCUT2D eigenvalue weighted by Crippen LogP contribution is -2.29. The molecule has 1 unspecified atom stereocenters. The zero-order valence-electron chi connectivity index (χ0n) is 10.6. The van der Waals surface area contributed by atoms with Crippen molar-refractivity contribution in [3.05, 3.63) is 48.0 Å². The lowest BCUT2D eigenvalue weighted by molar-refractivity contribution is -0.121. The highest BCUT2D eigenvalue weighted by Gasteiger charge is 2.30. The van der Waals surface area contributed by atoms with Crippen molar-refractivity contribution in [1.29, 1.82) is 0 Å². The van der Waals surface area contributed by atoms with Crippen LogP contribution in [-0.4, -0.2) is 11.6 Å². The maximum atomic E-state index is 11.8. The standard InChI is InChI=1S/C15H18O2/c1-5-10-15(4,12(3)17)14-8-6-13(7-9-14)11(2)16/h5-9H,1,10H2,2-4H3. The van der Waals surface area contributed by atoms with E-state index in [0.29, 0.717) is 12.0 Å². The van der Waals surface area contributed by atoms with Gasteiger partial charge in [-0.2, -0.15) is 0 Å². The summed E-state index contributed by atoms with van der Waals surface area (Å²) in [6, 6.07) is 7.23. The average molecular weight is 230 g/mol. The first-order valence-electron chi connectivity index (χ1n) is 5.65. The molecule has 17 heavy (non-hydrogen) atoms. The zero-order valence-corrected chi connectivity index (χ0v) is 10.6. The van der Waals surface area contributed by atoms with Crippen LogP contribution in [0, 0.1) is 0 Å². The van der Waals surface area contributed by atoms with Crippen molar-refractivity contribution >= 4 is 11.6 Å². The largest absolute Gasteiger partial charge is 0.299 e. The predicted octanol–water partition coefficient (Wildman–Crippen LogP) is 3.31. The highest BCUT2D eigenvalue weighted by atomic mass is 16.1. The fourth-order valence-corrected chi connectivity index (χ4v) is 1.83. The van der Waals surface area contributed by atoms with Crippen LogP contribution < -0.4 is 0 Å². The van der Waals surface area contributed by atoms with E-state index < -0.39 is 5.41 Å². The van der Waals surface area contributed by atoms with E-state index >= 15 is 0 Å². The van der Waals surface area contributed by atoms with Gasteiger partial charge in [-0.3, -0.25) is 9.59 Å². The highest BCUT2D eigenvalue weighted by Crippen LogP contribution is 2.29. The average Bonchev–Trinajstić information content (AvgIpc) is 2.29. The van der Waals surface area contributed by atoms with Crippen LogP contribution in [0.1, 0.15) is 43.1 Å². The van der Waals surface area contributed by atoms with Crippen LogP contribution in [0.3, 0.4) is 0 Å². The summed E-state index contributed by atoms with van der Waals surface area (Å²) >= 11 is 0. The van der Waals surface area contributed by atoms with E-state index in [2.05, 4.69) is 6.58 Å². The predicted molar refractivity (Wildman–Crippen MR) is 69.3 cm³/mol. The van der Waals surface area contributed by atoms with Crippen molar-refractivity contribution < 1.29 is 9.59 Å². The molecule has 1 rings (SSSR count). The Morgan fingerprint density at radius 1 is 1.24 bits per heavy atom. The summed E-state index contributed by atoms with van der Waals surface area (Å²) in [5.74, 6) is 0.137. The van der Waals surface area contributed by atoms with Gasteiger partial charge in [0, 0.05) is 5.56 Å². The summed E-state index contributed by atoms with van der Waals surface area (Å²) in [5, 5.41) is 0. The van der Waals surface area contributed by atoms with Crippen LogP contribution in [0.15, 0.2) is 36.9 Å². The number of hydrogen-bond donors (Lipinski definition) is 0. The Balaban J connectivity index is 3.16. The van der Waals surface area contributed by atoms with Crippen LogP contribution in [0.2, 0.25) is 0 Å². The van der Waals surface area contributed by atoms with Crippen molar-refractivity contribution in [2.75, 3.05) is 0 Å². The van der Waals surface area contributed by atoms with Gasteiger partial charge in [0.2, 0.25) is 0 Å². The normalized spacial score (nSPS) is 13.8. The molecule has 0 aliphatic heterocycles. The number of benzene rings is 1. The van der Waals surface area contributed by atoms with E-state index in [9.17, 15) is 9.59 Å². The molecule has 0 amide bonds. The van der Waals surface area contributed by atoms with E-state index in [1.807, 2.05) is 19.1 Å². The van der Waals surface area contributed by atoms with Gasteiger partial charge in [-0.05, 0) is 32.8 Å². The molecule has 0 aromatic heterocycles. The molecule has 0 radical (unpaired) electrons. The van der Waals surface area contributed by atoms with Gasteiger partial charge >= 0.3 is 0 Å². The molecule has 0 heterocycles. The maximum absolute atomic E-state index is 11.8. The number of carbonyl (C=O) groups is 2. The Morgan fingerprint density at radius 3 is 2.12 bits per heavy atom. The molecule has 1 aromatic rings. The van der Waals surface area contributed by atoms with Crippen LogP contribution in [-0.2, 0) is 10.2 Å². The first kappa shape index (κ1) is 13.4. The minimum atomic E-state index is -0.545. The van der Waals surface area contributed by atoms with E-state index in [1.165, 1.54) is 6.92 Å². The molecule has 90 valence electrons. The van der Waals surface area contributed by atoms with Gasteiger partial charge in [0.05, 0.1) is 5.41 Å². The van der Waals surface area contributed by atoms with Gasteiger partial charge in [-0.1, -0.05) is 30.3 Å².